The zero-order valence-corrected chi connectivity index (χ0v) is 12.4. The van der Waals surface area contributed by atoms with E-state index in [2.05, 4.69) is 10.6 Å². The summed E-state index contributed by atoms with van der Waals surface area (Å²) in [4.78, 5) is 23.9. The highest BCUT2D eigenvalue weighted by molar-refractivity contribution is 5.99. The molecule has 0 saturated heterocycles. The van der Waals surface area contributed by atoms with Crippen molar-refractivity contribution in [1.82, 2.24) is 10.6 Å². The molecule has 1 aromatic carbocycles. The van der Waals surface area contributed by atoms with E-state index in [9.17, 15) is 9.59 Å². The molecule has 0 aliphatic carbocycles. The average molecular weight is 278 g/mol. The lowest BCUT2D eigenvalue weighted by molar-refractivity contribution is 0.0919. The number of amides is 2. The zero-order valence-electron chi connectivity index (χ0n) is 12.4. The Morgan fingerprint density at radius 3 is 2.30 bits per heavy atom. The van der Waals surface area contributed by atoms with Gasteiger partial charge in [0.1, 0.15) is 0 Å². The molecule has 1 aromatic rings. The van der Waals surface area contributed by atoms with Crippen LogP contribution in [0.4, 0.5) is 0 Å². The number of carbonyl (C=O) groups excluding carboxylic acids is 2. The topological polar surface area (TPSA) is 67.4 Å². The number of carbonyl (C=O) groups is 2. The fourth-order valence-electron chi connectivity index (χ4n) is 1.58. The van der Waals surface area contributed by atoms with Gasteiger partial charge >= 0.3 is 0 Å². The van der Waals surface area contributed by atoms with E-state index in [1.165, 1.54) is 0 Å². The van der Waals surface area contributed by atoms with Crippen molar-refractivity contribution in [2.24, 2.45) is 0 Å². The van der Waals surface area contributed by atoms with Crippen LogP contribution >= 0.6 is 0 Å². The molecule has 0 spiro atoms. The predicted molar refractivity (Wildman–Crippen MR) is 77.9 cm³/mol. The minimum absolute atomic E-state index is 0.191. The first-order chi connectivity index (χ1) is 9.33. The van der Waals surface area contributed by atoms with Crippen molar-refractivity contribution in [2.75, 3.05) is 20.3 Å². The number of ether oxygens (including phenoxy) is 1. The van der Waals surface area contributed by atoms with Gasteiger partial charge in [0.05, 0.1) is 6.61 Å². The van der Waals surface area contributed by atoms with E-state index in [4.69, 9.17) is 4.74 Å². The number of benzene rings is 1. The summed E-state index contributed by atoms with van der Waals surface area (Å²) in [6, 6.07) is 6.65. The average Bonchev–Trinajstić information content (AvgIpc) is 2.37. The van der Waals surface area contributed by atoms with Crippen LogP contribution < -0.4 is 10.6 Å². The van der Waals surface area contributed by atoms with E-state index in [0.29, 0.717) is 24.3 Å². The SMILES string of the molecule is COCCNC(=O)c1cccc(C(=O)NC(C)(C)C)c1. The predicted octanol–water partition coefficient (Wildman–Crippen LogP) is 1.59. The Labute approximate surface area is 119 Å². The number of rotatable bonds is 5. The summed E-state index contributed by atoms with van der Waals surface area (Å²) in [5, 5.41) is 5.58. The number of methoxy groups -OCH3 is 1. The summed E-state index contributed by atoms with van der Waals surface area (Å²) < 4.78 is 4.87. The van der Waals surface area contributed by atoms with Gasteiger partial charge in [-0.1, -0.05) is 6.07 Å². The van der Waals surface area contributed by atoms with Gasteiger partial charge in [0.15, 0.2) is 0 Å². The third-order valence-electron chi connectivity index (χ3n) is 2.47. The molecule has 0 radical (unpaired) electrons. The minimum atomic E-state index is -0.312. The Hall–Kier alpha value is -1.88. The molecular weight excluding hydrogens is 256 g/mol. The lowest BCUT2D eigenvalue weighted by Gasteiger charge is -2.20. The van der Waals surface area contributed by atoms with Gasteiger partial charge in [0.2, 0.25) is 0 Å². The Balaban J connectivity index is 2.75. The fourth-order valence-corrected chi connectivity index (χ4v) is 1.58. The zero-order chi connectivity index (χ0) is 15.2. The molecule has 5 nitrogen and oxygen atoms in total. The highest BCUT2D eigenvalue weighted by Gasteiger charge is 2.16. The van der Waals surface area contributed by atoms with Crippen LogP contribution in [0.5, 0.6) is 0 Å². The van der Waals surface area contributed by atoms with E-state index in [-0.39, 0.29) is 17.4 Å². The third kappa shape index (κ3) is 5.40. The van der Waals surface area contributed by atoms with Crippen LogP contribution in [-0.2, 0) is 4.74 Å². The number of hydrogen-bond acceptors (Lipinski definition) is 3. The Morgan fingerprint density at radius 1 is 1.15 bits per heavy atom. The van der Waals surface area contributed by atoms with Gasteiger partial charge in [-0.3, -0.25) is 9.59 Å². The highest BCUT2D eigenvalue weighted by Crippen LogP contribution is 2.08. The van der Waals surface area contributed by atoms with Crippen LogP contribution in [0.1, 0.15) is 41.5 Å². The summed E-state index contributed by atoms with van der Waals surface area (Å²) in [5.41, 5.74) is 0.621. The summed E-state index contributed by atoms with van der Waals surface area (Å²) in [7, 11) is 1.57. The standard InChI is InChI=1S/C15H22N2O3/c1-15(2,3)17-14(19)12-7-5-6-11(10-12)13(18)16-8-9-20-4/h5-7,10H,8-9H2,1-4H3,(H,16,18)(H,17,19). The lowest BCUT2D eigenvalue weighted by Crippen LogP contribution is -2.40. The quantitative estimate of drug-likeness (QED) is 0.804. The van der Waals surface area contributed by atoms with E-state index in [1.807, 2.05) is 20.8 Å². The molecule has 2 N–H and O–H groups in total. The molecule has 110 valence electrons. The van der Waals surface area contributed by atoms with Crippen LogP contribution in [0.2, 0.25) is 0 Å². The van der Waals surface area contributed by atoms with Crippen molar-refractivity contribution in [3.63, 3.8) is 0 Å². The first-order valence-corrected chi connectivity index (χ1v) is 6.53. The first kappa shape index (κ1) is 16.2. The van der Waals surface area contributed by atoms with Crippen LogP contribution in [0.25, 0.3) is 0 Å². The number of nitrogens with one attached hydrogen (secondary N) is 2. The monoisotopic (exact) mass is 278 g/mol. The molecule has 0 heterocycles. The van der Waals surface area contributed by atoms with Crippen molar-refractivity contribution >= 4 is 11.8 Å². The van der Waals surface area contributed by atoms with Crippen molar-refractivity contribution in [2.45, 2.75) is 26.3 Å². The maximum Gasteiger partial charge on any atom is 0.251 e. The molecule has 0 unspecified atom stereocenters. The van der Waals surface area contributed by atoms with Gasteiger partial charge in [0.25, 0.3) is 11.8 Å². The van der Waals surface area contributed by atoms with Gasteiger partial charge in [0, 0.05) is 30.3 Å². The Bertz CT molecular complexity index is 478. The molecule has 0 bridgehead atoms. The van der Waals surface area contributed by atoms with Crippen LogP contribution in [-0.4, -0.2) is 37.6 Å². The number of hydrogen-bond donors (Lipinski definition) is 2. The van der Waals surface area contributed by atoms with Crippen LogP contribution in [0.3, 0.4) is 0 Å². The lowest BCUT2D eigenvalue weighted by atomic mass is 10.1. The first-order valence-electron chi connectivity index (χ1n) is 6.53. The summed E-state index contributed by atoms with van der Waals surface area (Å²) in [5.74, 6) is -0.406. The molecule has 0 aliphatic heterocycles. The molecule has 0 aromatic heterocycles. The Kier molecular flexibility index (Phi) is 5.70. The molecule has 0 saturated carbocycles. The maximum atomic E-state index is 12.0. The molecule has 0 atom stereocenters. The van der Waals surface area contributed by atoms with Gasteiger partial charge in [-0.25, -0.2) is 0 Å². The van der Waals surface area contributed by atoms with Gasteiger partial charge < -0.3 is 15.4 Å². The van der Waals surface area contributed by atoms with Crippen molar-refractivity contribution in [3.8, 4) is 0 Å². The third-order valence-corrected chi connectivity index (χ3v) is 2.47. The normalized spacial score (nSPS) is 11.0. The van der Waals surface area contributed by atoms with Gasteiger partial charge in [-0.2, -0.15) is 0 Å². The van der Waals surface area contributed by atoms with E-state index >= 15 is 0 Å². The summed E-state index contributed by atoms with van der Waals surface area (Å²) in [6.45, 7) is 6.62. The van der Waals surface area contributed by atoms with E-state index in [1.54, 1.807) is 31.4 Å². The van der Waals surface area contributed by atoms with Gasteiger partial charge in [-0.15, -0.1) is 0 Å². The second-order valence-corrected chi connectivity index (χ2v) is 5.53. The molecule has 2 amide bonds. The van der Waals surface area contributed by atoms with E-state index < -0.39 is 0 Å². The fraction of sp³-hybridized carbons (Fsp3) is 0.467. The molecule has 20 heavy (non-hydrogen) atoms. The molecular formula is C15H22N2O3. The molecule has 1 rings (SSSR count). The molecule has 0 fully saturated rings. The second kappa shape index (κ2) is 7.05. The van der Waals surface area contributed by atoms with Crippen molar-refractivity contribution in [1.29, 1.82) is 0 Å². The van der Waals surface area contributed by atoms with Crippen molar-refractivity contribution < 1.29 is 14.3 Å². The largest absolute Gasteiger partial charge is 0.383 e. The van der Waals surface area contributed by atoms with E-state index in [0.717, 1.165) is 0 Å². The highest BCUT2D eigenvalue weighted by atomic mass is 16.5. The summed E-state index contributed by atoms with van der Waals surface area (Å²) >= 11 is 0. The smallest absolute Gasteiger partial charge is 0.251 e. The summed E-state index contributed by atoms with van der Waals surface area (Å²) in [6.07, 6.45) is 0. The van der Waals surface area contributed by atoms with Gasteiger partial charge in [-0.05, 0) is 39.0 Å². The minimum Gasteiger partial charge on any atom is -0.383 e. The molecule has 5 heteroatoms. The Morgan fingerprint density at radius 2 is 1.75 bits per heavy atom. The van der Waals surface area contributed by atoms with Crippen molar-refractivity contribution in [3.05, 3.63) is 35.4 Å². The van der Waals surface area contributed by atoms with Crippen LogP contribution in [0.15, 0.2) is 24.3 Å². The molecule has 0 aliphatic rings. The second-order valence-electron chi connectivity index (χ2n) is 5.53. The maximum absolute atomic E-state index is 12.0. The van der Waals surface area contributed by atoms with Crippen LogP contribution in [0, 0.1) is 0 Å².